The third kappa shape index (κ3) is 4.32. The summed E-state index contributed by atoms with van der Waals surface area (Å²) in [6.45, 7) is 4.19. The summed E-state index contributed by atoms with van der Waals surface area (Å²) in [7, 11) is -3.39. The highest BCUT2D eigenvalue weighted by Crippen LogP contribution is 2.29. The average molecular weight is 370 g/mol. The van der Waals surface area contributed by atoms with Crippen LogP contribution in [0.2, 0.25) is 0 Å². The fourth-order valence-electron chi connectivity index (χ4n) is 3.17. The molecule has 136 valence electrons. The third-order valence-electron chi connectivity index (χ3n) is 4.14. The molecule has 0 amide bonds. The van der Waals surface area contributed by atoms with Crippen molar-refractivity contribution < 1.29 is 13.2 Å². The Morgan fingerprint density at radius 2 is 1.88 bits per heavy atom. The standard InChI is InChI=1S/C20H22N2O3S/c1-20(2)13-15-7-4-5-10-17(15)18(21-20)12-19(23)14-8-6-9-16(11-14)22-26(3,24)25/h4-12,21-22H,13H2,1-3H3/b18-12-. The van der Waals surface area contributed by atoms with Crippen LogP contribution in [0.4, 0.5) is 5.69 Å². The molecular formula is C20H22N2O3S. The van der Waals surface area contributed by atoms with Crippen molar-refractivity contribution in [3.63, 3.8) is 0 Å². The summed E-state index contributed by atoms with van der Waals surface area (Å²) in [5.74, 6) is -0.183. The molecule has 0 saturated heterocycles. The van der Waals surface area contributed by atoms with E-state index in [1.165, 1.54) is 5.56 Å². The van der Waals surface area contributed by atoms with Crippen molar-refractivity contribution >= 4 is 27.2 Å². The molecule has 0 fully saturated rings. The normalized spacial score (nSPS) is 17.3. The van der Waals surface area contributed by atoms with Crippen LogP contribution in [0.5, 0.6) is 0 Å². The van der Waals surface area contributed by atoms with Crippen LogP contribution in [-0.4, -0.2) is 26.0 Å². The monoisotopic (exact) mass is 370 g/mol. The van der Waals surface area contributed by atoms with Gasteiger partial charge in [-0.1, -0.05) is 36.4 Å². The minimum atomic E-state index is -3.39. The number of benzene rings is 2. The number of carbonyl (C=O) groups excluding carboxylic acids is 1. The maximum atomic E-state index is 12.8. The summed E-state index contributed by atoms with van der Waals surface area (Å²) in [5.41, 5.74) is 3.64. The van der Waals surface area contributed by atoms with Crippen molar-refractivity contribution in [2.45, 2.75) is 25.8 Å². The lowest BCUT2D eigenvalue weighted by molar-refractivity contribution is 0.104. The molecule has 0 aromatic heterocycles. The number of ketones is 1. The predicted octanol–water partition coefficient (Wildman–Crippen LogP) is 3.21. The molecule has 0 bridgehead atoms. The van der Waals surface area contributed by atoms with Crippen LogP contribution in [0.15, 0.2) is 54.6 Å². The van der Waals surface area contributed by atoms with Gasteiger partial charge in [0.2, 0.25) is 10.0 Å². The molecule has 2 aromatic carbocycles. The van der Waals surface area contributed by atoms with E-state index in [2.05, 4.69) is 30.0 Å². The van der Waals surface area contributed by atoms with Gasteiger partial charge in [0.1, 0.15) is 0 Å². The van der Waals surface area contributed by atoms with Crippen molar-refractivity contribution in [3.05, 3.63) is 71.3 Å². The van der Waals surface area contributed by atoms with Crippen molar-refractivity contribution in [1.82, 2.24) is 5.32 Å². The van der Waals surface area contributed by atoms with Gasteiger partial charge >= 0.3 is 0 Å². The zero-order chi connectivity index (χ0) is 18.9. The summed E-state index contributed by atoms with van der Waals surface area (Å²) in [5, 5.41) is 3.43. The number of hydrogen-bond donors (Lipinski definition) is 2. The number of allylic oxidation sites excluding steroid dienone is 1. The molecule has 0 saturated carbocycles. The Labute approximate surface area is 154 Å². The number of carbonyl (C=O) groups is 1. The van der Waals surface area contributed by atoms with Gasteiger partial charge in [0, 0.05) is 34.1 Å². The molecule has 5 nitrogen and oxygen atoms in total. The van der Waals surface area contributed by atoms with Crippen LogP contribution >= 0.6 is 0 Å². The molecule has 26 heavy (non-hydrogen) atoms. The molecule has 1 aliphatic heterocycles. The summed E-state index contributed by atoms with van der Waals surface area (Å²) in [6.07, 6.45) is 3.54. The van der Waals surface area contributed by atoms with Gasteiger partial charge in [-0.25, -0.2) is 8.42 Å². The topological polar surface area (TPSA) is 75.3 Å². The van der Waals surface area contributed by atoms with Crippen LogP contribution in [0.1, 0.15) is 35.3 Å². The van der Waals surface area contributed by atoms with Gasteiger partial charge in [-0.2, -0.15) is 0 Å². The molecule has 0 atom stereocenters. The van der Waals surface area contributed by atoms with Crippen molar-refractivity contribution in [2.75, 3.05) is 11.0 Å². The third-order valence-corrected chi connectivity index (χ3v) is 4.75. The molecule has 0 spiro atoms. The minimum absolute atomic E-state index is 0.153. The largest absolute Gasteiger partial charge is 0.379 e. The van der Waals surface area contributed by atoms with Gasteiger partial charge in [0.25, 0.3) is 0 Å². The van der Waals surface area contributed by atoms with Crippen molar-refractivity contribution in [1.29, 1.82) is 0 Å². The number of rotatable bonds is 4. The summed E-state index contributed by atoms with van der Waals surface area (Å²) in [6, 6.07) is 14.5. The van der Waals surface area contributed by atoms with Gasteiger partial charge in [0.05, 0.1) is 6.26 Å². The molecule has 2 N–H and O–H groups in total. The van der Waals surface area contributed by atoms with E-state index in [0.29, 0.717) is 11.3 Å². The molecule has 1 aliphatic rings. The quantitative estimate of drug-likeness (QED) is 0.640. The molecule has 0 radical (unpaired) electrons. The lowest BCUT2D eigenvalue weighted by atomic mass is 9.85. The highest BCUT2D eigenvalue weighted by atomic mass is 32.2. The number of fused-ring (bicyclic) bond motifs is 1. The Morgan fingerprint density at radius 1 is 1.15 bits per heavy atom. The second kappa shape index (κ2) is 6.61. The predicted molar refractivity (Wildman–Crippen MR) is 105 cm³/mol. The van der Waals surface area contributed by atoms with Crippen LogP contribution in [-0.2, 0) is 16.4 Å². The Kier molecular flexibility index (Phi) is 4.63. The van der Waals surface area contributed by atoms with Crippen LogP contribution in [0.3, 0.4) is 0 Å². The van der Waals surface area contributed by atoms with Crippen LogP contribution in [0.25, 0.3) is 5.70 Å². The van der Waals surface area contributed by atoms with Gasteiger partial charge in [-0.15, -0.1) is 0 Å². The van der Waals surface area contributed by atoms with Crippen LogP contribution < -0.4 is 10.0 Å². The second-order valence-corrected chi connectivity index (χ2v) is 8.97. The van der Waals surface area contributed by atoms with E-state index in [4.69, 9.17) is 0 Å². The highest BCUT2D eigenvalue weighted by Gasteiger charge is 2.27. The Bertz CT molecular complexity index is 992. The second-order valence-electron chi connectivity index (χ2n) is 7.22. The Morgan fingerprint density at radius 3 is 2.62 bits per heavy atom. The summed E-state index contributed by atoms with van der Waals surface area (Å²) >= 11 is 0. The molecule has 2 aromatic rings. The van der Waals surface area contributed by atoms with E-state index >= 15 is 0 Å². The average Bonchev–Trinajstić information content (AvgIpc) is 2.52. The summed E-state index contributed by atoms with van der Waals surface area (Å²) < 4.78 is 25.2. The maximum Gasteiger partial charge on any atom is 0.229 e. The van der Waals surface area contributed by atoms with E-state index in [1.807, 2.05) is 18.2 Å². The summed E-state index contributed by atoms with van der Waals surface area (Å²) in [4.78, 5) is 12.8. The zero-order valence-corrected chi connectivity index (χ0v) is 15.9. The molecule has 0 unspecified atom stereocenters. The van der Waals surface area contributed by atoms with Gasteiger partial charge in [0.15, 0.2) is 5.78 Å². The van der Waals surface area contributed by atoms with Gasteiger partial charge in [-0.3, -0.25) is 9.52 Å². The smallest absolute Gasteiger partial charge is 0.229 e. The zero-order valence-electron chi connectivity index (χ0n) is 15.0. The number of sulfonamides is 1. The van der Waals surface area contributed by atoms with E-state index < -0.39 is 10.0 Å². The highest BCUT2D eigenvalue weighted by molar-refractivity contribution is 7.92. The maximum absolute atomic E-state index is 12.8. The Balaban J connectivity index is 1.95. The van der Waals surface area contributed by atoms with Crippen molar-refractivity contribution in [2.24, 2.45) is 0 Å². The molecule has 1 heterocycles. The van der Waals surface area contributed by atoms with Gasteiger partial charge in [-0.05, 0) is 38.0 Å². The first-order valence-electron chi connectivity index (χ1n) is 8.33. The van der Waals surface area contributed by atoms with E-state index in [9.17, 15) is 13.2 Å². The number of hydrogen-bond acceptors (Lipinski definition) is 4. The fraction of sp³-hybridized carbons (Fsp3) is 0.250. The first kappa shape index (κ1) is 18.2. The van der Waals surface area contributed by atoms with Crippen molar-refractivity contribution in [3.8, 4) is 0 Å². The minimum Gasteiger partial charge on any atom is -0.379 e. The molecule has 6 heteroatoms. The first-order chi connectivity index (χ1) is 12.1. The first-order valence-corrected chi connectivity index (χ1v) is 10.2. The number of anilines is 1. The lowest BCUT2D eigenvalue weighted by Crippen LogP contribution is -2.43. The SMILES string of the molecule is CC1(C)Cc2ccccc2/C(=C/C(=O)c2cccc(NS(C)(=O)=O)c2)N1. The lowest BCUT2D eigenvalue weighted by Gasteiger charge is -2.35. The Hall–Kier alpha value is -2.60. The van der Waals surface area contributed by atoms with E-state index in [-0.39, 0.29) is 11.3 Å². The molecular weight excluding hydrogens is 348 g/mol. The van der Waals surface area contributed by atoms with E-state index in [1.54, 1.807) is 30.3 Å². The van der Waals surface area contributed by atoms with E-state index in [0.717, 1.165) is 23.9 Å². The van der Waals surface area contributed by atoms with Gasteiger partial charge < -0.3 is 5.32 Å². The number of nitrogens with one attached hydrogen (secondary N) is 2. The fourth-order valence-corrected chi connectivity index (χ4v) is 3.72. The van der Waals surface area contributed by atoms with Crippen LogP contribution in [0, 0.1) is 0 Å². The molecule has 3 rings (SSSR count). The molecule has 0 aliphatic carbocycles.